The quantitative estimate of drug-likeness (QED) is 0.826. The zero-order valence-corrected chi connectivity index (χ0v) is 9.68. The summed E-state index contributed by atoms with van der Waals surface area (Å²) in [7, 11) is 0. The summed E-state index contributed by atoms with van der Waals surface area (Å²) in [6, 6.07) is 0. The van der Waals surface area contributed by atoms with Gasteiger partial charge in [0.1, 0.15) is 11.5 Å². The molecule has 0 spiro atoms. The third-order valence-corrected chi connectivity index (χ3v) is 3.29. The van der Waals surface area contributed by atoms with E-state index in [1.165, 1.54) is 24.8 Å². The maximum Gasteiger partial charge on any atom is 0.143 e. The van der Waals surface area contributed by atoms with Gasteiger partial charge in [0.25, 0.3) is 0 Å². The van der Waals surface area contributed by atoms with Crippen molar-refractivity contribution in [3.63, 3.8) is 0 Å². The first-order valence-electron chi connectivity index (χ1n) is 6.04. The Morgan fingerprint density at radius 2 is 2.33 bits per heavy atom. The maximum absolute atomic E-state index is 5.50. The largest absolute Gasteiger partial charge is 0.361 e. The Bertz CT molecular complexity index is 319. The van der Waals surface area contributed by atoms with Crippen molar-refractivity contribution in [3.8, 4) is 0 Å². The monoisotopic (exact) mass is 208 g/mol. The third-order valence-electron chi connectivity index (χ3n) is 3.29. The summed E-state index contributed by atoms with van der Waals surface area (Å²) in [5.74, 6) is 1.77. The lowest BCUT2D eigenvalue weighted by Crippen LogP contribution is -2.15. The first-order valence-corrected chi connectivity index (χ1v) is 6.04. The summed E-state index contributed by atoms with van der Waals surface area (Å²) >= 11 is 0. The predicted molar refractivity (Wildman–Crippen MR) is 59.9 cm³/mol. The van der Waals surface area contributed by atoms with E-state index in [2.05, 4.69) is 24.3 Å². The highest BCUT2D eigenvalue weighted by Gasteiger charge is 2.26. The normalized spacial score (nSPS) is 20.3. The molecule has 0 aliphatic heterocycles. The van der Waals surface area contributed by atoms with Crippen LogP contribution < -0.4 is 5.32 Å². The highest BCUT2D eigenvalue weighted by molar-refractivity contribution is 5.28. The zero-order chi connectivity index (χ0) is 10.7. The number of nitrogens with one attached hydrogen (secondary N) is 1. The number of aromatic nitrogens is 1. The number of hydrogen-bond donors (Lipinski definition) is 1. The SMILES string of the molecule is CCNCc1noc2c1CCCC2CC. The van der Waals surface area contributed by atoms with Gasteiger partial charge in [0.05, 0.1) is 0 Å². The van der Waals surface area contributed by atoms with E-state index in [1.54, 1.807) is 0 Å². The minimum atomic E-state index is 0.608. The van der Waals surface area contributed by atoms with Crippen LogP contribution in [0.5, 0.6) is 0 Å². The van der Waals surface area contributed by atoms with Crippen molar-refractivity contribution in [1.29, 1.82) is 0 Å². The van der Waals surface area contributed by atoms with Crippen LogP contribution in [0.3, 0.4) is 0 Å². The van der Waals surface area contributed by atoms with Gasteiger partial charge in [-0.3, -0.25) is 0 Å². The summed E-state index contributed by atoms with van der Waals surface area (Å²) in [4.78, 5) is 0. The van der Waals surface area contributed by atoms with Crippen molar-refractivity contribution in [3.05, 3.63) is 17.0 Å². The van der Waals surface area contributed by atoms with Gasteiger partial charge in [0, 0.05) is 18.0 Å². The second kappa shape index (κ2) is 4.79. The molecule has 1 heterocycles. The smallest absolute Gasteiger partial charge is 0.143 e. The molecular weight excluding hydrogens is 188 g/mol. The fraction of sp³-hybridized carbons (Fsp3) is 0.750. The molecule has 0 saturated heterocycles. The number of fused-ring (bicyclic) bond motifs is 1. The molecule has 15 heavy (non-hydrogen) atoms. The Labute approximate surface area is 91.2 Å². The van der Waals surface area contributed by atoms with Crippen molar-refractivity contribution >= 4 is 0 Å². The molecule has 1 aliphatic carbocycles. The minimum Gasteiger partial charge on any atom is -0.361 e. The van der Waals surface area contributed by atoms with Crippen molar-refractivity contribution in [2.24, 2.45) is 0 Å². The zero-order valence-electron chi connectivity index (χ0n) is 9.68. The molecule has 0 amide bonds. The molecule has 0 bridgehead atoms. The van der Waals surface area contributed by atoms with E-state index in [4.69, 9.17) is 4.52 Å². The lowest BCUT2D eigenvalue weighted by molar-refractivity contribution is 0.333. The number of rotatable bonds is 4. The van der Waals surface area contributed by atoms with Gasteiger partial charge in [0.15, 0.2) is 0 Å². The minimum absolute atomic E-state index is 0.608. The summed E-state index contributed by atoms with van der Waals surface area (Å²) in [6.45, 7) is 6.18. The van der Waals surface area contributed by atoms with E-state index in [1.807, 2.05) is 0 Å². The van der Waals surface area contributed by atoms with Gasteiger partial charge in [-0.05, 0) is 32.2 Å². The highest BCUT2D eigenvalue weighted by Crippen LogP contribution is 2.35. The molecule has 0 fully saturated rings. The van der Waals surface area contributed by atoms with E-state index < -0.39 is 0 Å². The molecule has 3 nitrogen and oxygen atoms in total. The van der Waals surface area contributed by atoms with Crippen LogP contribution >= 0.6 is 0 Å². The number of hydrogen-bond acceptors (Lipinski definition) is 3. The first kappa shape index (κ1) is 10.7. The van der Waals surface area contributed by atoms with Crippen LogP contribution in [-0.2, 0) is 13.0 Å². The fourth-order valence-electron chi connectivity index (χ4n) is 2.37. The lowest BCUT2D eigenvalue weighted by Gasteiger charge is -2.18. The summed E-state index contributed by atoms with van der Waals surface area (Å²) in [5, 5.41) is 7.51. The Balaban J connectivity index is 2.18. The van der Waals surface area contributed by atoms with Crippen LogP contribution in [-0.4, -0.2) is 11.7 Å². The van der Waals surface area contributed by atoms with Crippen molar-refractivity contribution < 1.29 is 4.52 Å². The van der Waals surface area contributed by atoms with E-state index in [9.17, 15) is 0 Å². The Morgan fingerprint density at radius 3 is 3.07 bits per heavy atom. The standard InChI is InChI=1S/C12H20N2O/c1-3-9-6-5-7-10-11(8-13-4-2)14-15-12(9)10/h9,13H,3-8H2,1-2H3. The molecule has 0 saturated carbocycles. The molecule has 3 heteroatoms. The molecule has 2 rings (SSSR count). The Morgan fingerprint density at radius 1 is 1.47 bits per heavy atom. The van der Waals surface area contributed by atoms with Crippen molar-refractivity contribution in [2.75, 3.05) is 6.54 Å². The van der Waals surface area contributed by atoms with Crippen LogP contribution in [0.4, 0.5) is 0 Å². The van der Waals surface area contributed by atoms with Gasteiger partial charge >= 0.3 is 0 Å². The summed E-state index contributed by atoms with van der Waals surface area (Å²) in [6.07, 6.45) is 4.87. The molecule has 1 aromatic heterocycles. The van der Waals surface area contributed by atoms with Gasteiger partial charge in [-0.25, -0.2) is 0 Å². The Kier molecular flexibility index (Phi) is 3.41. The van der Waals surface area contributed by atoms with E-state index in [-0.39, 0.29) is 0 Å². The van der Waals surface area contributed by atoms with Crippen LogP contribution in [0.1, 0.15) is 56.0 Å². The lowest BCUT2D eigenvalue weighted by atomic mass is 9.86. The fourth-order valence-corrected chi connectivity index (χ4v) is 2.37. The highest BCUT2D eigenvalue weighted by atomic mass is 16.5. The molecule has 1 aliphatic rings. The molecule has 0 radical (unpaired) electrons. The van der Waals surface area contributed by atoms with E-state index >= 15 is 0 Å². The average Bonchev–Trinajstić information content (AvgIpc) is 2.69. The van der Waals surface area contributed by atoms with Crippen LogP contribution in [0.2, 0.25) is 0 Å². The molecule has 84 valence electrons. The van der Waals surface area contributed by atoms with Gasteiger partial charge in [-0.1, -0.05) is 19.0 Å². The van der Waals surface area contributed by atoms with Crippen LogP contribution in [0.25, 0.3) is 0 Å². The predicted octanol–water partition coefficient (Wildman–Crippen LogP) is 2.61. The average molecular weight is 208 g/mol. The molecule has 1 unspecified atom stereocenters. The maximum atomic E-state index is 5.50. The first-order chi connectivity index (χ1) is 7.36. The van der Waals surface area contributed by atoms with Gasteiger partial charge < -0.3 is 9.84 Å². The molecule has 1 atom stereocenters. The number of nitrogens with zero attached hydrogens (tertiary/aromatic N) is 1. The topological polar surface area (TPSA) is 38.1 Å². The Hall–Kier alpha value is -0.830. The summed E-state index contributed by atoms with van der Waals surface area (Å²) in [5.41, 5.74) is 2.51. The van der Waals surface area contributed by atoms with E-state index in [0.29, 0.717) is 5.92 Å². The van der Waals surface area contributed by atoms with E-state index in [0.717, 1.165) is 31.0 Å². The van der Waals surface area contributed by atoms with Crippen LogP contribution in [0, 0.1) is 0 Å². The van der Waals surface area contributed by atoms with Gasteiger partial charge in [-0.15, -0.1) is 0 Å². The molecule has 1 aromatic rings. The third kappa shape index (κ3) is 2.07. The molecular formula is C12H20N2O. The summed E-state index contributed by atoms with van der Waals surface area (Å²) < 4.78 is 5.50. The molecule has 0 aromatic carbocycles. The van der Waals surface area contributed by atoms with Crippen molar-refractivity contribution in [1.82, 2.24) is 10.5 Å². The van der Waals surface area contributed by atoms with Crippen molar-refractivity contribution in [2.45, 2.75) is 52.0 Å². The second-order valence-electron chi connectivity index (χ2n) is 4.25. The molecule has 1 N–H and O–H groups in total. The van der Waals surface area contributed by atoms with Gasteiger partial charge in [0.2, 0.25) is 0 Å². The van der Waals surface area contributed by atoms with Crippen LogP contribution in [0.15, 0.2) is 4.52 Å². The van der Waals surface area contributed by atoms with Gasteiger partial charge in [-0.2, -0.15) is 0 Å². The second-order valence-corrected chi connectivity index (χ2v) is 4.25.